The van der Waals surface area contributed by atoms with Crippen molar-refractivity contribution >= 4 is 23.2 Å². The summed E-state index contributed by atoms with van der Waals surface area (Å²) in [7, 11) is 1.61. The van der Waals surface area contributed by atoms with Gasteiger partial charge in [-0.25, -0.2) is 4.98 Å². The molecule has 3 heterocycles. The van der Waals surface area contributed by atoms with Gasteiger partial charge in [0.15, 0.2) is 0 Å². The van der Waals surface area contributed by atoms with Crippen LogP contribution in [0.2, 0.25) is 0 Å². The van der Waals surface area contributed by atoms with Crippen molar-refractivity contribution in [3.05, 3.63) is 53.3 Å². The number of piperazine rings is 1. The second-order valence-electron chi connectivity index (χ2n) is 7.83. The minimum absolute atomic E-state index is 0.0429. The summed E-state index contributed by atoms with van der Waals surface area (Å²) < 4.78 is 0. The van der Waals surface area contributed by atoms with E-state index in [0.717, 1.165) is 50.5 Å². The van der Waals surface area contributed by atoms with Crippen LogP contribution in [0, 0.1) is 5.92 Å². The molecule has 7 nitrogen and oxygen atoms in total. The van der Waals surface area contributed by atoms with Gasteiger partial charge in [0.25, 0.3) is 5.91 Å². The lowest BCUT2D eigenvalue weighted by molar-refractivity contribution is -0.119. The summed E-state index contributed by atoms with van der Waals surface area (Å²) in [5, 5.41) is 5.62. The first-order valence-electron chi connectivity index (χ1n) is 10.1. The summed E-state index contributed by atoms with van der Waals surface area (Å²) in [4.78, 5) is 32.6. The fourth-order valence-electron chi connectivity index (χ4n) is 3.95. The van der Waals surface area contributed by atoms with Crippen molar-refractivity contribution in [1.29, 1.82) is 0 Å². The van der Waals surface area contributed by atoms with Crippen molar-refractivity contribution in [1.82, 2.24) is 15.2 Å². The second-order valence-corrected chi connectivity index (χ2v) is 7.83. The lowest BCUT2D eigenvalue weighted by Gasteiger charge is -2.36. The Bertz CT molecular complexity index is 904. The number of carbonyl (C=O) groups is 2. The molecule has 1 aromatic carbocycles. The molecule has 1 unspecified atom stereocenters. The standard InChI is InChI=1S/C22H27N5O2/c1-15-11-17-4-3-16(12-20(17)25-21(15)28)14-26-7-9-27(10-8-26)18-5-6-19(24-13-18)22(29)23-2/h3-6,12-13,15H,7-11,14H2,1-2H3,(H,23,29)(H,25,28). The van der Waals surface area contributed by atoms with Crippen LogP contribution in [0.25, 0.3) is 0 Å². The molecule has 0 saturated carbocycles. The van der Waals surface area contributed by atoms with Crippen LogP contribution in [0.3, 0.4) is 0 Å². The van der Waals surface area contributed by atoms with Gasteiger partial charge in [-0.15, -0.1) is 0 Å². The highest BCUT2D eigenvalue weighted by molar-refractivity contribution is 5.95. The monoisotopic (exact) mass is 393 g/mol. The number of pyridine rings is 1. The van der Waals surface area contributed by atoms with Crippen LogP contribution in [-0.2, 0) is 17.8 Å². The molecule has 0 spiro atoms. The smallest absolute Gasteiger partial charge is 0.269 e. The van der Waals surface area contributed by atoms with E-state index >= 15 is 0 Å². The minimum atomic E-state index is -0.169. The Morgan fingerprint density at radius 3 is 2.69 bits per heavy atom. The zero-order valence-corrected chi connectivity index (χ0v) is 16.9. The average molecular weight is 393 g/mol. The third-order valence-corrected chi connectivity index (χ3v) is 5.76. The van der Waals surface area contributed by atoms with Crippen molar-refractivity contribution in [2.24, 2.45) is 5.92 Å². The number of benzene rings is 1. The van der Waals surface area contributed by atoms with E-state index in [-0.39, 0.29) is 17.7 Å². The van der Waals surface area contributed by atoms with Crippen LogP contribution >= 0.6 is 0 Å². The first-order chi connectivity index (χ1) is 14.0. The number of hydrogen-bond donors (Lipinski definition) is 2. The van der Waals surface area contributed by atoms with Gasteiger partial charge in [0.1, 0.15) is 5.69 Å². The molecule has 1 saturated heterocycles. The maximum Gasteiger partial charge on any atom is 0.269 e. The van der Waals surface area contributed by atoms with Crippen LogP contribution in [-0.4, -0.2) is 54.9 Å². The van der Waals surface area contributed by atoms with E-state index in [1.54, 1.807) is 19.3 Å². The zero-order valence-electron chi connectivity index (χ0n) is 16.9. The molecule has 0 radical (unpaired) electrons. The quantitative estimate of drug-likeness (QED) is 0.830. The Labute approximate surface area is 171 Å². The van der Waals surface area contributed by atoms with Gasteiger partial charge in [-0.3, -0.25) is 14.5 Å². The van der Waals surface area contributed by atoms with Gasteiger partial charge < -0.3 is 15.5 Å². The van der Waals surface area contributed by atoms with Gasteiger partial charge >= 0.3 is 0 Å². The van der Waals surface area contributed by atoms with Crippen LogP contribution in [0.5, 0.6) is 0 Å². The van der Waals surface area contributed by atoms with Crippen molar-refractivity contribution in [3.8, 4) is 0 Å². The summed E-state index contributed by atoms with van der Waals surface area (Å²) in [6.07, 6.45) is 2.58. The molecule has 0 aliphatic carbocycles. The fraction of sp³-hybridized carbons (Fsp3) is 0.409. The molecule has 2 amide bonds. The van der Waals surface area contributed by atoms with Crippen molar-refractivity contribution in [2.75, 3.05) is 43.4 Å². The largest absolute Gasteiger partial charge is 0.368 e. The molecular weight excluding hydrogens is 366 g/mol. The first kappa shape index (κ1) is 19.4. The Morgan fingerprint density at radius 2 is 2.00 bits per heavy atom. The van der Waals surface area contributed by atoms with E-state index in [0.29, 0.717) is 5.69 Å². The molecule has 152 valence electrons. The zero-order chi connectivity index (χ0) is 20.4. The van der Waals surface area contributed by atoms with Crippen molar-refractivity contribution < 1.29 is 9.59 Å². The predicted molar refractivity (Wildman–Crippen MR) is 113 cm³/mol. The SMILES string of the molecule is CNC(=O)c1ccc(N2CCN(Cc3ccc4c(c3)NC(=O)C(C)C4)CC2)cn1. The van der Waals surface area contributed by atoms with Gasteiger partial charge in [-0.1, -0.05) is 19.1 Å². The maximum atomic E-state index is 12.0. The van der Waals surface area contributed by atoms with Crippen LogP contribution in [0.1, 0.15) is 28.5 Å². The molecule has 1 fully saturated rings. The van der Waals surface area contributed by atoms with E-state index in [2.05, 4.69) is 43.6 Å². The Morgan fingerprint density at radius 1 is 1.21 bits per heavy atom. The number of hydrogen-bond acceptors (Lipinski definition) is 5. The molecule has 4 rings (SSSR count). The highest BCUT2D eigenvalue weighted by Gasteiger charge is 2.23. The third-order valence-electron chi connectivity index (χ3n) is 5.76. The molecule has 29 heavy (non-hydrogen) atoms. The molecule has 1 atom stereocenters. The molecule has 2 N–H and O–H groups in total. The van der Waals surface area contributed by atoms with E-state index in [4.69, 9.17) is 0 Å². The second kappa shape index (κ2) is 8.21. The number of nitrogens with zero attached hydrogens (tertiary/aromatic N) is 3. The molecule has 2 aliphatic heterocycles. The fourth-order valence-corrected chi connectivity index (χ4v) is 3.95. The average Bonchev–Trinajstić information content (AvgIpc) is 2.75. The highest BCUT2D eigenvalue weighted by Crippen LogP contribution is 2.27. The van der Waals surface area contributed by atoms with Gasteiger partial charge in [0, 0.05) is 51.4 Å². The molecule has 2 aliphatic rings. The van der Waals surface area contributed by atoms with Crippen molar-refractivity contribution in [3.63, 3.8) is 0 Å². The van der Waals surface area contributed by atoms with Crippen LogP contribution in [0.15, 0.2) is 36.5 Å². The lowest BCUT2D eigenvalue weighted by Crippen LogP contribution is -2.46. The third kappa shape index (κ3) is 4.24. The number of anilines is 2. The van der Waals surface area contributed by atoms with Gasteiger partial charge in [0.05, 0.1) is 11.9 Å². The first-order valence-corrected chi connectivity index (χ1v) is 10.1. The minimum Gasteiger partial charge on any atom is -0.368 e. The Balaban J connectivity index is 1.34. The summed E-state index contributed by atoms with van der Waals surface area (Å²) >= 11 is 0. The predicted octanol–water partition coefficient (Wildman–Crippen LogP) is 1.89. The number of nitrogens with one attached hydrogen (secondary N) is 2. The topological polar surface area (TPSA) is 77.6 Å². The number of amides is 2. The molecule has 0 bridgehead atoms. The van der Waals surface area contributed by atoms with Gasteiger partial charge in [0.2, 0.25) is 5.91 Å². The van der Waals surface area contributed by atoms with E-state index in [1.807, 2.05) is 13.0 Å². The normalized spacial score (nSPS) is 19.4. The Hall–Kier alpha value is -2.93. The summed E-state index contributed by atoms with van der Waals surface area (Å²) in [6, 6.07) is 10.2. The summed E-state index contributed by atoms with van der Waals surface area (Å²) in [5.41, 5.74) is 4.89. The molecule has 2 aromatic rings. The molecule has 1 aromatic heterocycles. The van der Waals surface area contributed by atoms with E-state index in [1.165, 1.54) is 11.1 Å². The summed E-state index contributed by atoms with van der Waals surface area (Å²) in [5.74, 6) is -0.0160. The Kier molecular flexibility index (Phi) is 5.49. The number of fused-ring (bicyclic) bond motifs is 1. The van der Waals surface area contributed by atoms with E-state index < -0.39 is 0 Å². The maximum absolute atomic E-state index is 12.0. The highest BCUT2D eigenvalue weighted by atomic mass is 16.2. The molecule has 7 heteroatoms. The van der Waals surface area contributed by atoms with E-state index in [9.17, 15) is 9.59 Å². The number of aromatic nitrogens is 1. The van der Waals surface area contributed by atoms with Crippen LogP contribution in [0.4, 0.5) is 11.4 Å². The lowest BCUT2D eigenvalue weighted by atomic mass is 9.93. The summed E-state index contributed by atoms with van der Waals surface area (Å²) in [6.45, 7) is 6.59. The molecular formula is C22H27N5O2. The van der Waals surface area contributed by atoms with Crippen molar-refractivity contribution in [2.45, 2.75) is 19.9 Å². The number of carbonyl (C=O) groups excluding carboxylic acids is 2. The van der Waals surface area contributed by atoms with Gasteiger partial charge in [-0.2, -0.15) is 0 Å². The number of rotatable bonds is 4. The van der Waals surface area contributed by atoms with Crippen LogP contribution < -0.4 is 15.5 Å². The van der Waals surface area contributed by atoms with Gasteiger partial charge in [-0.05, 0) is 35.7 Å².